The van der Waals surface area contributed by atoms with Crippen LogP contribution in [-0.2, 0) is 13.0 Å². The molecule has 0 fully saturated rings. The van der Waals surface area contributed by atoms with E-state index in [4.69, 9.17) is 0 Å². The molecule has 104 valence electrons. The summed E-state index contributed by atoms with van der Waals surface area (Å²) in [7, 11) is 0. The van der Waals surface area contributed by atoms with Crippen LogP contribution >= 0.6 is 0 Å². The van der Waals surface area contributed by atoms with E-state index in [0.29, 0.717) is 5.92 Å². The van der Waals surface area contributed by atoms with Crippen molar-refractivity contribution in [2.75, 3.05) is 6.54 Å². The lowest BCUT2D eigenvalue weighted by atomic mass is 9.85. The highest BCUT2D eigenvalue weighted by atomic mass is 19.1. The van der Waals surface area contributed by atoms with Gasteiger partial charge in [0.15, 0.2) is 0 Å². The number of nitrogens with one attached hydrogen (secondary N) is 1. The molecule has 2 aromatic carbocycles. The smallest absolute Gasteiger partial charge is 0.126 e. The van der Waals surface area contributed by atoms with Gasteiger partial charge in [-0.3, -0.25) is 0 Å². The molecular weight excluding hydrogens is 249 g/mol. The highest BCUT2D eigenvalue weighted by Gasteiger charge is 2.21. The van der Waals surface area contributed by atoms with Gasteiger partial charge in [0, 0.05) is 19.0 Å². The molecule has 1 nitrogen and oxygen atoms in total. The maximum atomic E-state index is 14.2. The summed E-state index contributed by atoms with van der Waals surface area (Å²) in [5.74, 6) is 0.293. The SMILES string of the molecule is Cc1cc(C)c(CC2CNCc3ccccc32)c(F)c1. The Bertz CT molecular complexity index is 610. The number of benzene rings is 2. The largest absolute Gasteiger partial charge is 0.312 e. The van der Waals surface area contributed by atoms with E-state index in [2.05, 4.69) is 35.6 Å². The molecule has 1 aliphatic heterocycles. The van der Waals surface area contributed by atoms with Gasteiger partial charge in [-0.25, -0.2) is 4.39 Å². The van der Waals surface area contributed by atoms with Crippen LogP contribution in [0.25, 0.3) is 0 Å². The van der Waals surface area contributed by atoms with Crippen LogP contribution in [0.5, 0.6) is 0 Å². The molecule has 1 atom stereocenters. The Morgan fingerprint density at radius 3 is 2.80 bits per heavy atom. The topological polar surface area (TPSA) is 12.0 Å². The molecule has 2 aromatic rings. The van der Waals surface area contributed by atoms with Crippen LogP contribution in [0.3, 0.4) is 0 Å². The third-order valence-electron chi connectivity index (χ3n) is 4.21. The molecule has 1 heterocycles. The second kappa shape index (κ2) is 5.37. The molecule has 1 aliphatic rings. The van der Waals surface area contributed by atoms with Crippen molar-refractivity contribution in [1.29, 1.82) is 0 Å². The molecule has 0 aliphatic carbocycles. The summed E-state index contributed by atoms with van der Waals surface area (Å²) in [5, 5.41) is 3.44. The van der Waals surface area contributed by atoms with Crippen LogP contribution in [0, 0.1) is 19.7 Å². The quantitative estimate of drug-likeness (QED) is 0.872. The van der Waals surface area contributed by atoms with E-state index < -0.39 is 0 Å². The van der Waals surface area contributed by atoms with Gasteiger partial charge in [-0.2, -0.15) is 0 Å². The molecule has 0 saturated carbocycles. The minimum absolute atomic E-state index is 0.0643. The molecule has 3 rings (SSSR count). The predicted octanol–water partition coefficient (Wildman–Crippen LogP) is 3.87. The van der Waals surface area contributed by atoms with Crippen LogP contribution in [0.1, 0.15) is 33.7 Å². The fourth-order valence-electron chi connectivity index (χ4n) is 3.22. The van der Waals surface area contributed by atoms with E-state index in [1.54, 1.807) is 6.07 Å². The number of rotatable bonds is 2. The number of hydrogen-bond donors (Lipinski definition) is 1. The van der Waals surface area contributed by atoms with Gasteiger partial charge < -0.3 is 5.32 Å². The summed E-state index contributed by atoms with van der Waals surface area (Å²) >= 11 is 0. The van der Waals surface area contributed by atoms with Crippen molar-refractivity contribution < 1.29 is 4.39 Å². The number of fused-ring (bicyclic) bond motifs is 1. The molecule has 0 saturated heterocycles. The minimum atomic E-state index is -0.0643. The number of aryl methyl sites for hydroxylation is 2. The van der Waals surface area contributed by atoms with Crippen molar-refractivity contribution in [3.05, 3.63) is 70.0 Å². The zero-order chi connectivity index (χ0) is 14.1. The maximum Gasteiger partial charge on any atom is 0.126 e. The molecule has 1 unspecified atom stereocenters. The van der Waals surface area contributed by atoms with Crippen molar-refractivity contribution in [3.63, 3.8) is 0 Å². The highest BCUT2D eigenvalue weighted by molar-refractivity contribution is 5.37. The van der Waals surface area contributed by atoms with Crippen LogP contribution in [0.4, 0.5) is 4.39 Å². The molecule has 0 spiro atoms. The summed E-state index contributed by atoms with van der Waals surface area (Å²) < 4.78 is 14.2. The van der Waals surface area contributed by atoms with Gasteiger partial charge >= 0.3 is 0 Å². The van der Waals surface area contributed by atoms with Crippen LogP contribution < -0.4 is 5.32 Å². The van der Waals surface area contributed by atoms with Gasteiger partial charge in [0.05, 0.1) is 0 Å². The third kappa shape index (κ3) is 2.48. The fourth-order valence-corrected chi connectivity index (χ4v) is 3.22. The van der Waals surface area contributed by atoms with Crippen molar-refractivity contribution >= 4 is 0 Å². The predicted molar refractivity (Wildman–Crippen MR) is 80.5 cm³/mol. The lowest BCUT2D eigenvalue weighted by Gasteiger charge is -2.27. The van der Waals surface area contributed by atoms with Gasteiger partial charge in [0.1, 0.15) is 5.82 Å². The normalized spacial score (nSPS) is 17.9. The molecule has 0 bridgehead atoms. The Hall–Kier alpha value is -1.67. The molecule has 0 aromatic heterocycles. The van der Waals surface area contributed by atoms with Crippen molar-refractivity contribution in [3.8, 4) is 0 Å². The van der Waals surface area contributed by atoms with Gasteiger partial charge in [-0.1, -0.05) is 30.3 Å². The van der Waals surface area contributed by atoms with E-state index in [-0.39, 0.29) is 5.82 Å². The zero-order valence-corrected chi connectivity index (χ0v) is 12.0. The Kier molecular flexibility index (Phi) is 3.58. The van der Waals surface area contributed by atoms with Crippen LogP contribution in [0.15, 0.2) is 36.4 Å². The Labute approximate surface area is 119 Å². The van der Waals surface area contributed by atoms with Crippen molar-refractivity contribution in [1.82, 2.24) is 5.32 Å². The van der Waals surface area contributed by atoms with Crippen molar-refractivity contribution in [2.45, 2.75) is 32.7 Å². The summed E-state index contributed by atoms with van der Waals surface area (Å²) in [4.78, 5) is 0. The fraction of sp³-hybridized carbons (Fsp3) is 0.333. The second-order valence-corrected chi connectivity index (χ2v) is 5.77. The van der Waals surface area contributed by atoms with E-state index in [9.17, 15) is 4.39 Å². The molecule has 1 N–H and O–H groups in total. The second-order valence-electron chi connectivity index (χ2n) is 5.77. The van der Waals surface area contributed by atoms with Gasteiger partial charge in [0.2, 0.25) is 0 Å². The van der Waals surface area contributed by atoms with E-state index in [1.165, 1.54) is 11.1 Å². The highest BCUT2D eigenvalue weighted by Crippen LogP contribution is 2.29. The van der Waals surface area contributed by atoms with Crippen molar-refractivity contribution in [2.24, 2.45) is 0 Å². The lowest BCUT2D eigenvalue weighted by molar-refractivity contribution is 0.522. The number of halogens is 1. The Morgan fingerprint density at radius 2 is 2.00 bits per heavy atom. The first-order chi connectivity index (χ1) is 9.65. The van der Waals surface area contributed by atoms with E-state index >= 15 is 0 Å². The molecule has 20 heavy (non-hydrogen) atoms. The van der Waals surface area contributed by atoms with E-state index in [1.807, 2.05) is 13.8 Å². The molecule has 0 radical (unpaired) electrons. The van der Waals surface area contributed by atoms with Gasteiger partial charge in [-0.15, -0.1) is 0 Å². The third-order valence-corrected chi connectivity index (χ3v) is 4.21. The standard InChI is InChI=1S/C18H20FN/c1-12-7-13(2)17(18(19)8-12)9-15-11-20-10-14-5-3-4-6-16(14)15/h3-8,15,20H,9-11H2,1-2H3. The first kappa shape index (κ1) is 13.3. The number of hydrogen-bond acceptors (Lipinski definition) is 1. The molecular formula is C18H20FN. The van der Waals surface area contributed by atoms with Gasteiger partial charge in [0.25, 0.3) is 0 Å². The Balaban J connectivity index is 1.94. The summed E-state index contributed by atoms with van der Waals surface area (Å²) in [6.45, 7) is 5.79. The summed E-state index contributed by atoms with van der Waals surface area (Å²) in [6, 6.07) is 12.2. The lowest BCUT2D eigenvalue weighted by Crippen LogP contribution is -2.29. The summed E-state index contributed by atoms with van der Waals surface area (Å²) in [6.07, 6.45) is 0.766. The summed E-state index contributed by atoms with van der Waals surface area (Å²) in [5.41, 5.74) is 5.62. The monoisotopic (exact) mass is 269 g/mol. The average molecular weight is 269 g/mol. The molecule has 2 heteroatoms. The minimum Gasteiger partial charge on any atom is -0.312 e. The molecule has 0 amide bonds. The van der Waals surface area contributed by atoms with Crippen LogP contribution in [-0.4, -0.2) is 6.54 Å². The maximum absolute atomic E-state index is 14.2. The first-order valence-electron chi connectivity index (χ1n) is 7.19. The van der Waals surface area contributed by atoms with Crippen LogP contribution in [0.2, 0.25) is 0 Å². The average Bonchev–Trinajstić information content (AvgIpc) is 2.43. The first-order valence-corrected chi connectivity index (χ1v) is 7.19. The van der Waals surface area contributed by atoms with Gasteiger partial charge in [-0.05, 0) is 54.2 Å². The zero-order valence-electron chi connectivity index (χ0n) is 12.0. The Morgan fingerprint density at radius 1 is 1.20 bits per heavy atom. The van der Waals surface area contributed by atoms with E-state index in [0.717, 1.165) is 36.2 Å².